The molecule has 0 amide bonds. The molecule has 0 radical (unpaired) electrons. The molecule has 6 heteroatoms. The molecule has 0 N–H and O–H groups in total. The van der Waals surface area contributed by atoms with Gasteiger partial charge in [0.05, 0.1) is 18.2 Å². The summed E-state index contributed by atoms with van der Waals surface area (Å²) in [5, 5.41) is 15.0. The molecular formula is C12H8ClN2O3-. The van der Waals surface area contributed by atoms with Crippen molar-refractivity contribution in [2.24, 2.45) is 0 Å². The Morgan fingerprint density at radius 2 is 1.89 bits per heavy atom. The van der Waals surface area contributed by atoms with Crippen molar-refractivity contribution in [3.05, 3.63) is 51.8 Å². The summed E-state index contributed by atoms with van der Waals surface area (Å²) in [5.74, 6) is -1.36. The van der Waals surface area contributed by atoms with Crippen LogP contribution in [0.3, 0.4) is 0 Å². The Bertz CT molecular complexity index is 635. The number of carbonyl (C=O) groups excluding carboxylic acids is 1. The minimum Gasteiger partial charge on any atom is -0.548 e. The quantitative estimate of drug-likeness (QED) is 0.799. The van der Waals surface area contributed by atoms with Crippen LogP contribution in [0, 0.1) is 0 Å². The van der Waals surface area contributed by atoms with E-state index in [1.54, 1.807) is 24.3 Å². The van der Waals surface area contributed by atoms with Crippen LogP contribution in [0.15, 0.2) is 41.2 Å². The van der Waals surface area contributed by atoms with E-state index in [0.29, 0.717) is 10.7 Å². The monoisotopic (exact) mass is 263 g/mol. The minimum atomic E-state index is -1.36. The summed E-state index contributed by atoms with van der Waals surface area (Å²) >= 11 is 5.76. The van der Waals surface area contributed by atoms with Crippen LogP contribution < -0.4 is 10.7 Å². The fourth-order valence-corrected chi connectivity index (χ4v) is 1.59. The third-order valence-corrected chi connectivity index (χ3v) is 2.54. The highest BCUT2D eigenvalue weighted by molar-refractivity contribution is 6.30. The highest BCUT2D eigenvalue weighted by Gasteiger charge is 2.03. The van der Waals surface area contributed by atoms with Gasteiger partial charge in [0.2, 0.25) is 0 Å². The van der Waals surface area contributed by atoms with Crippen molar-refractivity contribution < 1.29 is 9.90 Å². The van der Waals surface area contributed by atoms with Crippen molar-refractivity contribution in [3.63, 3.8) is 0 Å². The lowest BCUT2D eigenvalue weighted by molar-refractivity contribution is -0.306. The van der Waals surface area contributed by atoms with E-state index >= 15 is 0 Å². The Labute approximate surface area is 107 Å². The van der Waals surface area contributed by atoms with Gasteiger partial charge in [0.15, 0.2) is 0 Å². The SMILES string of the molecule is O=C([O-])Cn1nc(-c2ccc(Cl)cc2)ccc1=O. The molecule has 1 aromatic heterocycles. The van der Waals surface area contributed by atoms with E-state index in [1.165, 1.54) is 12.1 Å². The van der Waals surface area contributed by atoms with Gasteiger partial charge in [0, 0.05) is 16.7 Å². The van der Waals surface area contributed by atoms with Gasteiger partial charge in [-0.2, -0.15) is 5.10 Å². The predicted molar refractivity (Wildman–Crippen MR) is 64.0 cm³/mol. The molecular weight excluding hydrogens is 256 g/mol. The van der Waals surface area contributed by atoms with E-state index in [1.807, 2.05) is 0 Å². The van der Waals surface area contributed by atoms with Gasteiger partial charge < -0.3 is 9.90 Å². The summed E-state index contributed by atoms with van der Waals surface area (Å²) < 4.78 is 0.847. The third-order valence-electron chi connectivity index (χ3n) is 2.29. The number of benzene rings is 1. The summed E-state index contributed by atoms with van der Waals surface area (Å²) in [5.41, 5.74) is 0.746. The number of halogens is 1. The molecule has 0 spiro atoms. The number of nitrogens with zero attached hydrogens (tertiary/aromatic N) is 2. The largest absolute Gasteiger partial charge is 0.548 e. The molecule has 0 aliphatic carbocycles. The molecule has 1 heterocycles. The van der Waals surface area contributed by atoms with Crippen LogP contribution in [0.2, 0.25) is 5.02 Å². The zero-order valence-electron chi connectivity index (χ0n) is 9.17. The van der Waals surface area contributed by atoms with Gasteiger partial charge in [-0.05, 0) is 18.2 Å². The molecule has 0 unspecified atom stereocenters. The number of carbonyl (C=O) groups is 1. The summed E-state index contributed by atoms with van der Waals surface area (Å²) in [4.78, 5) is 21.9. The second-order valence-electron chi connectivity index (χ2n) is 3.59. The highest BCUT2D eigenvalue weighted by atomic mass is 35.5. The Balaban J connectivity index is 2.43. The summed E-state index contributed by atoms with van der Waals surface area (Å²) in [7, 11) is 0. The molecule has 1 aromatic carbocycles. The molecule has 0 aliphatic rings. The molecule has 0 aliphatic heterocycles. The zero-order valence-corrected chi connectivity index (χ0v) is 9.92. The van der Waals surface area contributed by atoms with Gasteiger partial charge in [-0.3, -0.25) is 4.79 Å². The molecule has 0 saturated carbocycles. The smallest absolute Gasteiger partial charge is 0.267 e. The highest BCUT2D eigenvalue weighted by Crippen LogP contribution is 2.18. The maximum absolute atomic E-state index is 11.4. The van der Waals surface area contributed by atoms with Crippen molar-refractivity contribution in [1.29, 1.82) is 0 Å². The predicted octanol–water partition coefficient (Wildman–Crippen LogP) is 0.314. The Kier molecular flexibility index (Phi) is 3.43. The fraction of sp³-hybridized carbons (Fsp3) is 0.0833. The van der Waals surface area contributed by atoms with Crippen LogP contribution in [-0.4, -0.2) is 15.7 Å². The number of aliphatic carboxylic acids is 1. The Morgan fingerprint density at radius 1 is 1.22 bits per heavy atom. The first-order valence-corrected chi connectivity index (χ1v) is 5.48. The van der Waals surface area contributed by atoms with Gasteiger partial charge in [-0.25, -0.2) is 4.68 Å². The zero-order chi connectivity index (χ0) is 13.1. The van der Waals surface area contributed by atoms with E-state index in [2.05, 4.69) is 5.10 Å². The molecule has 2 rings (SSSR count). The number of rotatable bonds is 3. The van der Waals surface area contributed by atoms with E-state index in [4.69, 9.17) is 11.6 Å². The molecule has 0 atom stereocenters. The maximum atomic E-state index is 11.4. The van der Waals surface area contributed by atoms with Crippen LogP contribution in [0.25, 0.3) is 11.3 Å². The van der Waals surface area contributed by atoms with Crippen molar-refractivity contribution >= 4 is 17.6 Å². The van der Waals surface area contributed by atoms with Crippen LogP contribution in [-0.2, 0) is 11.3 Å². The standard InChI is InChI=1S/C12H9ClN2O3/c13-9-3-1-8(2-4-9)10-5-6-11(16)15(14-10)7-12(17)18/h1-6H,7H2,(H,17,18)/p-1. The molecule has 92 valence electrons. The van der Waals surface area contributed by atoms with Crippen LogP contribution in [0.1, 0.15) is 0 Å². The van der Waals surface area contributed by atoms with E-state index in [-0.39, 0.29) is 0 Å². The fourth-order valence-electron chi connectivity index (χ4n) is 1.46. The topological polar surface area (TPSA) is 75.0 Å². The van der Waals surface area contributed by atoms with Gasteiger partial charge in [-0.1, -0.05) is 23.7 Å². The van der Waals surface area contributed by atoms with Gasteiger partial charge in [0.1, 0.15) is 0 Å². The molecule has 0 fully saturated rings. The average Bonchev–Trinajstić information content (AvgIpc) is 2.32. The van der Waals surface area contributed by atoms with Crippen molar-refractivity contribution in [3.8, 4) is 11.3 Å². The molecule has 0 saturated heterocycles. The summed E-state index contributed by atoms with van der Waals surface area (Å²) in [6, 6.07) is 9.63. The lowest BCUT2D eigenvalue weighted by atomic mass is 10.1. The van der Waals surface area contributed by atoms with E-state index in [9.17, 15) is 14.7 Å². The second-order valence-corrected chi connectivity index (χ2v) is 4.03. The minimum absolute atomic E-state index is 0.489. The van der Waals surface area contributed by atoms with Crippen molar-refractivity contribution in [2.75, 3.05) is 0 Å². The normalized spacial score (nSPS) is 10.3. The van der Waals surface area contributed by atoms with E-state index < -0.39 is 18.1 Å². The molecule has 2 aromatic rings. The van der Waals surface area contributed by atoms with Crippen LogP contribution >= 0.6 is 11.6 Å². The lowest BCUT2D eigenvalue weighted by Crippen LogP contribution is -2.34. The first-order chi connectivity index (χ1) is 8.56. The van der Waals surface area contributed by atoms with E-state index in [0.717, 1.165) is 10.2 Å². The average molecular weight is 264 g/mol. The summed E-state index contributed by atoms with van der Waals surface area (Å²) in [6.07, 6.45) is 0. The number of carboxylic acids is 1. The van der Waals surface area contributed by atoms with Crippen LogP contribution in [0.4, 0.5) is 0 Å². The first kappa shape index (κ1) is 12.3. The molecule has 18 heavy (non-hydrogen) atoms. The third kappa shape index (κ3) is 2.75. The van der Waals surface area contributed by atoms with Gasteiger partial charge in [-0.15, -0.1) is 0 Å². The van der Waals surface area contributed by atoms with Gasteiger partial charge in [0.25, 0.3) is 5.56 Å². The Hall–Kier alpha value is -2.14. The Morgan fingerprint density at radius 3 is 2.50 bits per heavy atom. The number of hydrogen-bond donors (Lipinski definition) is 0. The maximum Gasteiger partial charge on any atom is 0.267 e. The second kappa shape index (κ2) is 5.01. The first-order valence-electron chi connectivity index (χ1n) is 5.10. The van der Waals surface area contributed by atoms with Crippen LogP contribution in [0.5, 0.6) is 0 Å². The molecule has 0 bridgehead atoms. The summed E-state index contributed by atoms with van der Waals surface area (Å²) in [6.45, 7) is -0.569. The van der Waals surface area contributed by atoms with Gasteiger partial charge >= 0.3 is 0 Å². The number of hydrogen-bond acceptors (Lipinski definition) is 4. The number of aromatic nitrogens is 2. The van der Waals surface area contributed by atoms with Crippen molar-refractivity contribution in [1.82, 2.24) is 9.78 Å². The van der Waals surface area contributed by atoms with Crippen molar-refractivity contribution in [2.45, 2.75) is 6.54 Å². The number of carboxylic acid groups (broad SMARTS) is 1. The molecule has 5 nitrogen and oxygen atoms in total. The lowest BCUT2D eigenvalue weighted by Gasteiger charge is -2.07.